The van der Waals surface area contributed by atoms with E-state index in [4.69, 9.17) is 16.1 Å². The fraction of sp³-hybridized carbons (Fsp3) is 0.238. The standard InChI is InChI=1S/C21H22ClN5OSi/c1-14-11-18(25-27(14)13-15-5-10-19(22)23-12-15)21-24-20(26-28-21)16-6-8-17(9-7-16)29(2,3)4/h5-12H,13H2,1-4H3. The molecule has 4 aromatic rings. The first-order chi connectivity index (χ1) is 13.8. The van der Waals surface area contributed by atoms with E-state index in [9.17, 15) is 0 Å². The predicted molar refractivity (Wildman–Crippen MR) is 117 cm³/mol. The summed E-state index contributed by atoms with van der Waals surface area (Å²) in [6, 6.07) is 14.1. The molecule has 0 radical (unpaired) electrons. The largest absolute Gasteiger partial charge is 0.332 e. The highest BCUT2D eigenvalue weighted by molar-refractivity contribution is 6.88. The van der Waals surface area contributed by atoms with Crippen LogP contribution >= 0.6 is 11.6 Å². The van der Waals surface area contributed by atoms with Crippen LogP contribution in [0.25, 0.3) is 23.0 Å². The first-order valence-corrected chi connectivity index (χ1v) is 13.3. The summed E-state index contributed by atoms with van der Waals surface area (Å²) in [5, 5.41) is 10.6. The lowest BCUT2D eigenvalue weighted by molar-refractivity contribution is 0.430. The number of halogens is 1. The van der Waals surface area contributed by atoms with Crippen molar-refractivity contribution in [2.45, 2.75) is 33.1 Å². The van der Waals surface area contributed by atoms with Gasteiger partial charge < -0.3 is 4.52 Å². The summed E-state index contributed by atoms with van der Waals surface area (Å²) in [5.74, 6) is 0.974. The number of pyridine rings is 1. The Morgan fingerprint density at radius 2 is 1.83 bits per heavy atom. The summed E-state index contributed by atoms with van der Waals surface area (Å²) in [4.78, 5) is 8.66. The number of rotatable bonds is 5. The maximum absolute atomic E-state index is 5.85. The van der Waals surface area contributed by atoms with Crippen LogP contribution in [0.1, 0.15) is 11.3 Å². The lowest BCUT2D eigenvalue weighted by Gasteiger charge is -2.16. The highest BCUT2D eigenvalue weighted by atomic mass is 35.5. The minimum Gasteiger partial charge on any atom is -0.332 e. The van der Waals surface area contributed by atoms with E-state index >= 15 is 0 Å². The molecule has 148 valence electrons. The normalized spacial score (nSPS) is 11.8. The maximum Gasteiger partial charge on any atom is 0.278 e. The van der Waals surface area contributed by atoms with Crippen LogP contribution in [0.2, 0.25) is 24.8 Å². The molecule has 3 aromatic heterocycles. The number of nitrogens with zero attached hydrogens (tertiary/aromatic N) is 5. The van der Waals surface area contributed by atoms with Gasteiger partial charge in [0, 0.05) is 17.5 Å². The Hall–Kier alpha value is -2.77. The van der Waals surface area contributed by atoms with Crippen molar-refractivity contribution < 1.29 is 4.52 Å². The monoisotopic (exact) mass is 423 g/mol. The minimum absolute atomic E-state index is 0.408. The van der Waals surface area contributed by atoms with Crippen molar-refractivity contribution >= 4 is 24.9 Å². The Balaban J connectivity index is 1.56. The van der Waals surface area contributed by atoms with Crippen LogP contribution < -0.4 is 5.19 Å². The Bertz CT molecular complexity index is 1130. The molecule has 0 N–H and O–H groups in total. The fourth-order valence-corrected chi connectivity index (χ4v) is 4.29. The molecule has 0 aliphatic heterocycles. The Labute approximate surface area is 175 Å². The van der Waals surface area contributed by atoms with Crippen molar-refractivity contribution in [1.29, 1.82) is 0 Å². The van der Waals surface area contributed by atoms with Crippen LogP contribution in [0.5, 0.6) is 0 Å². The van der Waals surface area contributed by atoms with E-state index in [1.165, 1.54) is 5.19 Å². The zero-order valence-electron chi connectivity index (χ0n) is 16.8. The summed E-state index contributed by atoms with van der Waals surface area (Å²) in [6.45, 7) is 9.56. The molecular formula is C21H22ClN5OSi. The molecule has 0 bridgehead atoms. The third kappa shape index (κ3) is 4.30. The van der Waals surface area contributed by atoms with Crippen LogP contribution in [0.4, 0.5) is 0 Å². The SMILES string of the molecule is Cc1cc(-c2nc(-c3ccc([Si](C)(C)C)cc3)no2)nn1Cc1ccc(Cl)nc1. The maximum atomic E-state index is 5.85. The van der Waals surface area contributed by atoms with Crippen LogP contribution in [-0.2, 0) is 6.54 Å². The highest BCUT2D eigenvalue weighted by Crippen LogP contribution is 2.22. The van der Waals surface area contributed by atoms with Crippen LogP contribution in [0.3, 0.4) is 0 Å². The summed E-state index contributed by atoms with van der Waals surface area (Å²) < 4.78 is 7.36. The molecule has 0 amide bonds. The lowest BCUT2D eigenvalue weighted by Crippen LogP contribution is -2.37. The second kappa shape index (κ2) is 7.57. The molecule has 0 aliphatic carbocycles. The topological polar surface area (TPSA) is 69.6 Å². The van der Waals surface area contributed by atoms with Crippen molar-refractivity contribution in [3.8, 4) is 23.0 Å². The summed E-state index contributed by atoms with van der Waals surface area (Å²) in [6.07, 6.45) is 1.75. The third-order valence-corrected chi connectivity index (χ3v) is 7.05. The van der Waals surface area contributed by atoms with Gasteiger partial charge in [-0.2, -0.15) is 10.1 Å². The van der Waals surface area contributed by atoms with E-state index in [1.807, 2.05) is 23.7 Å². The molecular weight excluding hydrogens is 402 g/mol. The summed E-state index contributed by atoms with van der Waals surface area (Å²) >= 11 is 5.85. The Kier molecular flexibility index (Phi) is 5.10. The number of hydrogen-bond acceptors (Lipinski definition) is 5. The molecule has 0 saturated carbocycles. The minimum atomic E-state index is -1.33. The van der Waals surface area contributed by atoms with Crippen LogP contribution in [0.15, 0.2) is 53.2 Å². The van der Waals surface area contributed by atoms with Crippen LogP contribution in [-0.4, -0.2) is 33.0 Å². The van der Waals surface area contributed by atoms with Gasteiger partial charge in [0.1, 0.15) is 5.15 Å². The van der Waals surface area contributed by atoms with E-state index in [1.54, 1.807) is 12.3 Å². The number of benzene rings is 1. The highest BCUT2D eigenvalue weighted by Gasteiger charge is 2.18. The number of aryl methyl sites for hydroxylation is 1. The number of aromatic nitrogens is 5. The summed E-state index contributed by atoms with van der Waals surface area (Å²) in [5.41, 5.74) is 3.60. The van der Waals surface area contributed by atoms with E-state index in [0.29, 0.717) is 29.1 Å². The van der Waals surface area contributed by atoms with Gasteiger partial charge in [0.15, 0.2) is 5.69 Å². The fourth-order valence-electron chi connectivity index (χ4n) is 3.01. The molecule has 6 nitrogen and oxygen atoms in total. The van der Waals surface area contributed by atoms with Gasteiger partial charge in [-0.25, -0.2) is 4.98 Å². The summed E-state index contributed by atoms with van der Waals surface area (Å²) in [7, 11) is -1.33. The first kappa shape index (κ1) is 19.5. The predicted octanol–water partition coefficient (Wildman–Crippen LogP) is 4.55. The Morgan fingerprint density at radius 1 is 1.07 bits per heavy atom. The lowest BCUT2D eigenvalue weighted by atomic mass is 10.2. The van der Waals surface area contributed by atoms with Crippen molar-refractivity contribution in [2.24, 2.45) is 0 Å². The molecule has 3 heterocycles. The molecule has 29 heavy (non-hydrogen) atoms. The molecule has 0 atom stereocenters. The Morgan fingerprint density at radius 3 is 2.48 bits per heavy atom. The van der Waals surface area contributed by atoms with Crippen molar-refractivity contribution in [2.75, 3.05) is 0 Å². The van der Waals surface area contributed by atoms with Crippen LogP contribution in [0, 0.1) is 6.92 Å². The number of hydrogen-bond donors (Lipinski definition) is 0. The third-order valence-electron chi connectivity index (χ3n) is 4.76. The van der Waals surface area contributed by atoms with E-state index in [2.05, 4.69) is 64.1 Å². The average molecular weight is 424 g/mol. The van der Waals surface area contributed by atoms with Crippen molar-refractivity contribution in [3.63, 3.8) is 0 Å². The van der Waals surface area contributed by atoms with Crippen molar-refractivity contribution in [1.82, 2.24) is 24.9 Å². The van der Waals surface area contributed by atoms with E-state index < -0.39 is 8.07 Å². The van der Waals surface area contributed by atoms with E-state index in [-0.39, 0.29) is 0 Å². The van der Waals surface area contributed by atoms with E-state index in [0.717, 1.165) is 16.8 Å². The second-order valence-corrected chi connectivity index (χ2v) is 13.5. The van der Waals surface area contributed by atoms with Crippen molar-refractivity contribution in [3.05, 3.63) is 65.1 Å². The quantitative estimate of drug-likeness (QED) is 0.348. The van der Waals surface area contributed by atoms with Gasteiger partial charge in [0.05, 0.1) is 14.6 Å². The molecule has 0 saturated heterocycles. The van der Waals surface area contributed by atoms with Gasteiger partial charge in [-0.1, -0.05) is 71.9 Å². The van der Waals surface area contributed by atoms with Gasteiger partial charge in [-0.05, 0) is 24.6 Å². The van der Waals surface area contributed by atoms with Gasteiger partial charge in [0.2, 0.25) is 5.82 Å². The molecule has 0 spiro atoms. The second-order valence-electron chi connectivity index (χ2n) is 8.07. The zero-order valence-corrected chi connectivity index (χ0v) is 18.6. The molecule has 0 fully saturated rings. The molecule has 0 unspecified atom stereocenters. The molecule has 1 aromatic carbocycles. The average Bonchev–Trinajstić information content (AvgIpc) is 3.30. The van der Waals surface area contributed by atoms with Gasteiger partial charge >= 0.3 is 0 Å². The smallest absolute Gasteiger partial charge is 0.278 e. The molecule has 8 heteroatoms. The molecule has 4 rings (SSSR count). The van der Waals surface area contributed by atoms with Gasteiger partial charge in [-0.15, -0.1) is 0 Å². The van der Waals surface area contributed by atoms with Gasteiger partial charge in [-0.3, -0.25) is 4.68 Å². The first-order valence-electron chi connectivity index (χ1n) is 9.39. The molecule has 0 aliphatic rings. The zero-order chi connectivity index (χ0) is 20.6. The van der Waals surface area contributed by atoms with Gasteiger partial charge in [0.25, 0.3) is 5.89 Å².